The summed E-state index contributed by atoms with van der Waals surface area (Å²) in [4.78, 5) is 25.6. The van der Waals surface area contributed by atoms with Crippen LogP contribution < -0.4 is 15.5 Å². The first-order chi connectivity index (χ1) is 11.5. The maximum absolute atomic E-state index is 12.0. The molecule has 2 rings (SSSR count). The summed E-state index contributed by atoms with van der Waals surface area (Å²) in [6, 6.07) is 14.9. The predicted octanol–water partition coefficient (Wildman–Crippen LogP) is 3.48. The van der Waals surface area contributed by atoms with Crippen molar-refractivity contribution in [3.05, 3.63) is 59.7 Å². The Hall–Kier alpha value is -2.82. The maximum atomic E-state index is 12.0. The van der Waals surface area contributed by atoms with Crippen molar-refractivity contribution in [2.45, 2.75) is 20.8 Å². The van der Waals surface area contributed by atoms with Gasteiger partial charge in [0.05, 0.1) is 0 Å². The minimum Gasteiger partial charge on any atom is -0.336 e. The normalized spacial score (nSPS) is 10.1. The van der Waals surface area contributed by atoms with E-state index in [9.17, 15) is 9.59 Å². The van der Waals surface area contributed by atoms with Crippen LogP contribution in [0.5, 0.6) is 0 Å². The lowest BCUT2D eigenvalue weighted by molar-refractivity contribution is -0.116. The molecule has 2 aromatic carbocycles. The van der Waals surface area contributed by atoms with Crippen LogP contribution in [0.2, 0.25) is 0 Å². The molecular weight excluding hydrogens is 302 g/mol. The standard InChI is InChI=1S/C19H23N3O2/c1-14-8-7-9-15(2)18(14)22(16(3)23)13-12-20-19(24)21-17-10-5-4-6-11-17/h4-11H,12-13H2,1-3H3,(H2,20,21,24). The number of carbonyl (C=O) groups excluding carboxylic acids is 2. The smallest absolute Gasteiger partial charge is 0.319 e. The van der Waals surface area contributed by atoms with Crippen LogP contribution in [0.3, 0.4) is 0 Å². The maximum Gasteiger partial charge on any atom is 0.319 e. The van der Waals surface area contributed by atoms with E-state index in [0.717, 1.165) is 22.5 Å². The van der Waals surface area contributed by atoms with Crippen LogP contribution in [-0.4, -0.2) is 25.0 Å². The summed E-state index contributed by atoms with van der Waals surface area (Å²) in [6.45, 7) is 6.28. The summed E-state index contributed by atoms with van der Waals surface area (Å²) in [5, 5.41) is 5.54. The fraction of sp³-hybridized carbons (Fsp3) is 0.263. The third-order valence-electron chi connectivity index (χ3n) is 3.74. The number of rotatable bonds is 5. The molecule has 0 radical (unpaired) electrons. The average Bonchev–Trinajstić information content (AvgIpc) is 2.53. The number of hydrogen-bond donors (Lipinski definition) is 2. The second kappa shape index (κ2) is 8.15. The van der Waals surface area contributed by atoms with Crippen LogP contribution in [0.1, 0.15) is 18.1 Å². The summed E-state index contributed by atoms with van der Waals surface area (Å²) in [5.41, 5.74) is 3.72. The molecule has 0 heterocycles. The van der Waals surface area contributed by atoms with E-state index in [1.54, 1.807) is 4.90 Å². The van der Waals surface area contributed by atoms with E-state index in [2.05, 4.69) is 10.6 Å². The van der Waals surface area contributed by atoms with Gasteiger partial charge < -0.3 is 15.5 Å². The Morgan fingerprint density at radius 2 is 1.58 bits per heavy atom. The molecule has 3 amide bonds. The Kier molecular flexibility index (Phi) is 5.95. The minimum absolute atomic E-state index is 0.0438. The molecule has 0 spiro atoms. The molecule has 24 heavy (non-hydrogen) atoms. The number of hydrogen-bond acceptors (Lipinski definition) is 2. The topological polar surface area (TPSA) is 61.4 Å². The van der Waals surface area contributed by atoms with Crippen LogP contribution in [-0.2, 0) is 4.79 Å². The molecule has 2 N–H and O–H groups in total. The van der Waals surface area contributed by atoms with Gasteiger partial charge in [0.1, 0.15) is 0 Å². The van der Waals surface area contributed by atoms with Gasteiger partial charge in [0.15, 0.2) is 0 Å². The quantitative estimate of drug-likeness (QED) is 0.884. The highest BCUT2D eigenvalue weighted by Crippen LogP contribution is 2.24. The number of anilines is 2. The molecule has 126 valence electrons. The van der Waals surface area contributed by atoms with Gasteiger partial charge in [0.25, 0.3) is 0 Å². The van der Waals surface area contributed by atoms with Gasteiger partial charge in [-0.15, -0.1) is 0 Å². The molecule has 5 nitrogen and oxygen atoms in total. The predicted molar refractivity (Wildman–Crippen MR) is 97.4 cm³/mol. The van der Waals surface area contributed by atoms with E-state index < -0.39 is 0 Å². The first-order valence-corrected chi connectivity index (χ1v) is 7.93. The lowest BCUT2D eigenvalue weighted by Gasteiger charge is -2.25. The largest absolute Gasteiger partial charge is 0.336 e. The van der Waals surface area contributed by atoms with Gasteiger partial charge >= 0.3 is 6.03 Å². The monoisotopic (exact) mass is 325 g/mol. The fourth-order valence-corrected chi connectivity index (χ4v) is 2.64. The highest BCUT2D eigenvalue weighted by atomic mass is 16.2. The Balaban J connectivity index is 1.95. The molecule has 0 unspecified atom stereocenters. The molecule has 0 aliphatic rings. The van der Waals surface area contributed by atoms with Crippen LogP contribution in [0, 0.1) is 13.8 Å². The number of urea groups is 1. The highest BCUT2D eigenvalue weighted by molar-refractivity contribution is 5.93. The second-order valence-electron chi connectivity index (χ2n) is 5.66. The van der Waals surface area contributed by atoms with E-state index in [1.807, 2.05) is 62.4 Å². The molecule has 0 fully saturated rings. The van der Waals surface area contributed by atoms with Gasteiger partial charge in [0, 0.05) is 31.4 Å². The van der Waals surface area contributed by atoms with Crippen molar-refractivity contribution in [3.8, 4) is 0 Å². The Labute approximate surface area is 142 Å². The van der Waals surface area contributed by atoms with Gasteiger partial charge in [0.2, 0.25) is 5.91 Å². The SMILES string of the molecule is CC(=O)N(CCNC(=O)Nc1ccccc1)c1c(C)cccc1C. The number of aryl methyl sites for hydroxylation is 2. The molecule has 0 atom stereocenters. The van der Waals surface area contributed by atoms with Crippen molar-refractivity contribution >= 4 is 23.3 Å². The van der Waals surface area contributed by atoms with Crippen molar-refractivity contribution in [1.29, 1.82) is 0 Å². The molecule has 0 aromatic heterocycles. The van der Waals surface area contributed by atoms with Gasteiger partial charge in [-0.3, -0.25) is 4.79 Å². The van der Waals surface area contributed by atoms with E-state index in [-0.39, 0.29) is 11.9 Å². The van der Waals surface area contributed by atoms with E-state index >= 15 is 0 Å². The van der Waals surface area contributed by atoms with Gasteiger partial charge in [-0.2, -0.15) is 0 Å². The van der Waals surface area contributed by atoms with Gasteiger partial charge in [-0.1, -0.05) is 36.4 Å². The third-order valence-corrected chi connectivity index (χ3v) is 3.74. The van der Waals surface area contributed by atoms with Crippen molar-refractivity contribution in [2.24, 2.45) is 0 Å². The molecule has 0 aliphatic heterocycles. The highest BCUT2D eigenvalue weighted by Gasteiger charge is 2.16. The Morgan fingerprint density at radius 1 is 0.958 bits per heavy atom. The zero-order valence-electron chi connectivity index (χ0n) is 14.3. The van der Waals surface area contributed by atoms with Crippen LogP contribution in [0.4, 0.5) is 16.2 Å². The summed E-state index contributed by atoms with van der Waals surface area (Å²) >= 11 is 0. The molecule has 0 saturated carbocycles. The average molecular weight is 325 g/mol. The van der Waals surface area contributed by atoms with Crippen LogP contribution in [0.15, 0.2) is 48.5 Å². The van der Waals surface area contributed by atoms with E-state index in [1.165, 1.54) is 6.92 Å². The number of carbonyl (C=O) groups is 2. The summed E-state index contributed by atoms with van der Waals surface area (Å²) < 4.78 is 0. The lowest BCUT2D eigenvalue weighted by atomic mass is 10.1. The molecular formula is C19H23N3O2. The van der Waals surface area contributed by atoms with E-state index in [4.69, 9.17) is 0 Å². The number of para-hydroxylation sites is 2. The van der Waals surface area contributed by atoms with Crippen molar-refractivity contribution in [3.63, 3.8) is 0 Å². The zero-order valence-corrected chi connectivity index (χ0v) is 14.3. The molecule has 0 aliphatic carbocycles. The second-order valence-corrected chi connectivity index (χ2v) is 5.66. The number of amides is 3. The van der Waals surface area contributed by atoms with E-state index in [0.29, 0.717) is 13.1 Å². The minimum atomic E-state index is -0.286. The fourth-order valence-electron chi connectivity index (χ4n) is 2.64. The molecule has 5 heteroatoms. The summed E-state index contributed by atoms with van der Waals surface area (Å²) in [5.74, 6) is -0.0438. The number of benzene rings is 2. The summed E-state index contributed by atoms with van der Waals surface area (Å²) in [6.07, 6.45) is 0. The number of nitrogens with zero attached hydrogens (tertiary/aromatic N) is 1. The summed E-state index contributed by atoms with van der Waals surface area (Å²) in [7, 11) is 0. The molecule has 2 aromatic rings. The van der Waals surface area contributed by atoms with Crippen LogP contribution in [0.25, 0.3) is 0 Å². The first-order valence-electron chi connectivity index (χ1n) is 7.93. The third kappa shape index (κ3) is 4.59. The first kappa shape index (κ1) is 17.5. The zero-order chi connectivity index (χ0) is 17.5. The Bertz CT molecular complexity index is 694. The molecule has 0 bridgehead atoms. The lowest BCUT2D eigenvalue weighted by Crippen LogP contribution is -2.39. The van der Waals surface area contributed by atoms with Crippen molar-refractivity contribution in [2.75, 3.05) is 23.3 Å². The number of nitrogens with one attached hydrogen (secondary N) is 2. The van der Waals surface area contributed by atoms with Gasteiger partial charge in [-0.05, 0) is 37.1 Å². The van der Waals surface area contributed by atoms with Gasteiger partial charge in [-0.25, -0.2) is 4.79 Å². The molecule has 0 saturated heterocycles. The Morgan fingerprint density at radius 3 is 2.17 bits per heavy atom. The van der Waals surface area contributed by atoms with Crippen LogP contribution >= 0.6 is 0 Å². The van der Waals surface area contributed by atoms with Crippen molar-refractivity contribution in [1.82, 2.24) is 5.32 Å². The van der Waals surface area contributed by atoms with Crippen molar-refractivity contribution < 1.29 is 9.59 Å².